The number of amides is 1. The van der Waals surface area contributed by atoms with Crippen LogP contribution in [0.25, 0.3) is 22.5 Å². The van der Waals surface area contributed by atoms with Gasteiger partial charge in [0.2, 0.25) is 5.91 Å². The smallest absolute Gasteiger partial charge is 0.220 e. The van der Waals surface area contributed by atoms with Gasteiger partial charge in [-0.2, -0.15) is 0 Å². The van der Waals surface area contributed by atoms with Crippen LogP contribution in [-0.4, -0.2) is 39.9 Å². The Balaban J connectivity index is 1.85. The highest BCUT2D eigenvalue weighted by molar-refractivity contribution is 5.78. The van der Waals surface area contributed by atoms with Crippen molar-refractivity contribution < 1.29 is 23.8 Å². The maximum Gasteiger partial charge on any atom is 0.220 e. The minimum absolute atomic E-state index is 0.137. The van der Waals surface area contributed by atoms with Crippen molar-refractivity contribution in [3.8, 4) is 22.5 Å². The molecule has 0 saturated heterocycles. The van der Waals surface area contributed by atoms with Crippen LogP contribution in [0, 0.1) is 11.6 Å². The first-order valence-electron chi connectivity index (χ1n) is 9.69. The highest BCUT2D eigenvalue weighted by Crippen LogP contribution is 2.30. The number of H-pyrrole nitrogens is 1. The van der Waals surface area contributed by atoms with E-state index in [4.69, 9.17) is 0 Å². The Kier molecular flexibility index (Phi) is 6.97. The minimum Gasteiger partial charge on any atom is -0.394 e. The lowest BCUT2D eigenvalue weighted by molar-refractivity contribution is -0.123. The molecule has 4 N–H and O–H groups in total. The molecule has 2 aromatic carbocycles. The average molecular weight is 414 g/mol. The van der Waals surface area contributed by atoms with Gasteiger partial charge in [0.05, 0.1) is 18.8 Å². The zero-order valence-corrected chi connectivity index (χ0v) is 16.5. The molecule has 1 amide bonds. The van der Waals surface area contributed by atoms with E-state index < -0.39 is 12.1 Å². The molecule has 1 aromatic heterocycles. The SMILES string of the molecule is C[C@H](O)[C@H](CO)NC(=O)CCc1cc(-c2ccc(F)cc2)[nH]c1-c1ccc(F)cc1. The molecule has 0 aliphatic heterocycles. The second-order valence-corrected chi connectivity index (χ2v) is 7.19. The van der Waals surface area contributed by atoms with Crippen LogP contribution in [0.15, 0.2) is 54.6 Å². The number of benzene rings is 2. The highest BCUT2D eigenvalue weighted by atomic mass is 19.1. The van der Waals surface area contributed by atoms with Gasteiger partial charge < -0.3 is 20.5 Å². The Morgan fingerprint density at radius 1 is 1.03 bits per heavy atom. The van der Waals surface area contributed by atoms with Gasteiger partial charge in [0, 0.05) is 17.8 Å². The van der Waals surface area contributed by atoms with E-state index in [1.54, 1.807) is 24.3 Å². The Hall–Kier alpha value is -3.03. The van der Waals surface area contributed by atoms with Crippen LogP contribution < -0.4 is 5.32 Å². The highest BCUT2D eigenvalue weighted by Gasteiger charge is 2.18. The number of carbonyl (C=O) groups excluding carboxylic acids is 1. The molecule has 7 heteroatoms. The van der Waals surface area contributed by atoms with Crippen LogP contribution >= 0.6 is 0 Å². The van der Waals surface area contributed by atoms with E-state index in [2.05, 4.69) is 10.3 Å². The lowest BCUT2D eigenvalue weighted by Gasteiger charge is -2.18. The zero-order valence-electron chi connectivity index (χ0n) is 16.5. The summed E-state index contributed by atoms with van der Waals surface area (Å²) in [6.07, 6.45) is -0.349. The van der Waals surface area contributed by atoms with Crippen LogP contribution in [0.2, 0.25) is 0 Å². The van der Waals surface area contributed by atoms with Crippen molar-refractivity contribution in [3.63, 3.8) is 0 Å². The molecule has 158 valence electrons. The van der Waals surface area contributed by atoms with Gasteiger partial charge in [-0.25, -0.2) is 8.78 Å². The molecule has 3 rings (SSSR count). The van der Waals surface area contributed by atoms with Crippen LogP contribution in [-0.2, 0) is 11.2 Å². The van der Waals surface area contributed by atoms with Gasteiger partial charge in [0.25, 0.3) is 0 Å². The monoisotopic (exact) mass is 414 g/mol. The molecule has 3 aromatic rings. The number of halogens is 2. The predicted molar refractivity (Wildman–Crippen MR) is 111 cm³/mol. The fraction of sp³-hybridized carbons (Fsp3) is 0.261. The van der Waals surface area contributed by atoms with Crippen LogP contribution in [0.3, 0.4) is 0 Å². The number of hydrogen-bond acceptors (Lipinski definition) is 3. The summed E-state index contributed by atoms with van der Waals surface area (Å²) in [5, 5.41) is 21.4. The maximum absolute atomic E-state index is 13.3. The Morgan fingerprint density at radius 3 is 2.13 bits per heavy atom. The summed E-state index contributed by atoms with van der Waals surface area (Å²) in [6.45, 7) is 1.14. The third-order valence-electron chi connectivity index (χ3n) is 4.93. The first-order valence-corrected chi connectivity index (χ1v) is 9.69. The van der Waals surface area contributed by atoms with Gasteiger partial charge in [-0.3, -0.25) is 4.79 Å². The van der Waals surface area contributed by atoms with Crippen molar-refractivity contribution in [1.82, 2.24) is 10.3 Å². The van der Waals surface area contributed by atoms with Gasteiger partial charge in [-0.15, -0.1) is 0 Å². The summed E-state index contributed by atoms with van der Waals surface area (Å²) in [5.74, 6) is -0.986. The molecule has 0 aliphatic carbocycles. The summed E-state index contributed by atoms with van der Waals surface area (Å²) < 4.78 is 26.6. The van der Waals surface area contributed by atoms with Crippen LogP contribution in [0.4, 0.5) is 8.78 Å². The van der Waals surface area contributed by atoms with Crippen molar-refractivity contribution in [2.45, 2.75) is 31.9 Å². The van der Waals surface area contributed by atoms with E-state index in [-0.39, 0.29) is 30.6 Å². The molecular formula is C23H24F2N2O3. The second-order valence-electron chi connectivity index (χ2n) is 7.19. The molecule has 2 atom stereocenters. The van der Waals surface area contributed by atoms with Crippen LogP contribution in [0.5, 0.6) is 0 Å². The molecule has 0 saturated carbocycles. The fourth-order valence-electron chi connectivity index (χ4n) is 3.20. The summed E-state index contributed by atoms with van der Waals surface area (Å²) >= 11 is 0. The van der Waals surface area contributed by atoms with E-state index in [1.165, 1.54) is 31.2 Å². The first kappa shape index (κ1) is 21.7. The van der Waals surface area contributed by atoms with Crippen LogP contribution in [0.1, 0.15) is 18.9 Å². The van der Waals surface area contributed by atoms with Gasteiger partial charge in [-0.1, -0.05) is 0 Å². The standard InChI is InChI=1S/C23H24F2N2O3/c1-14(29)21(13-28)26-22(30)11-6-17-12-20(15-2-7-18(24)8-3-15)27-23(17)16-4-9-19(25)10-5-16/h2-5,7-10,12,14,21,27-29H,6,11,13H2,1H3,(H,26,30)/t14-,21-/m0/s1. The largest absolute Gasteiger partial charge is 0.394 e. The quantitative estimate of drug-likeness (QED) is 0.456. The first-order chi connectivity index (χ1) is 14.4. The summed E-state index contributed by atoms with van der Waals surface area (Å²) in [5.41, 5.74) is 3.88. The molecule has 0 fully saturated rings. The number of aliphatic hydroxyl groups is 2. The molecule has 0 spiro atoms. The number of nitrogens with one attached hydrogen (secondary N) is 2. The third kappa shape index (κ3) is 5.31. The third-order valence-corrected chi connectivity index (χ3v) is 4.93. The van der Waals surface area contributed by atoms with E-state index in [9.17, 15) is 23.8 Å². The molecule has 0 bridgehead atoms. The number of rotatable bonds is 8. The molecule has 5 nitrogen and oxygen atoms in total. The molecular weight excluding hydrogens is 390 g/mol. The topological polar surface area (TPSA) is 85.3 Å². The summed E-state index contributed by atoms with van der Waals surface area (Å²) in [6, 6.07) is 13.2. The normalized spacial score (nSPS) is 13.1. The summed E-state index contributed by atoms with van der Waals surface area (Å²) in [7, 11) is 0. The van der Waals surface area contributed by atoms with Gasteiger partial charge in [0.1, 0.15) is 11.6 Å². The van der Waals surface area contributed by atoms with Gasteiger partial charge in [0.15, 0.2) is 0 Å². The van der Waals surface area contributed by atoms with Crippen molar-refractivity contribution in [1.29, 1.82) is 0 Å². The molecule has 30 heavy (non-hydrogen) atoms. The average Bonchev–Trinajstić information content (AvgIpc) is 3.15. The number of aromatic nitrogens is 1. The lowest BCUT2D eigenvalue weighted by atomic mass is 10.0. The lowest BCUT2D eigenvalue weighted by Crippen LogP contribution is -2.44. The van der Waals surface area contributed by atoms with Gasteiger partial charge in [-0.05, 0) is 84.6 Å². The Morgan fingerprint density at radius 2 is 1.60 bits per heavy atom. The van der Waals surface area contributed by atoms with Gasteiger partial charge >= 0.3 is 0 Å². The van der Waals surface area contributed by atoms with E-state index in [0.717, 1.165) is 28.1 Å². The number of aryl methyl sites for hydroxylation is 1. The van der Waals surface area contributed by atoms with E-state index >= 15 is 0 Å². The minimum atomic E-state index is -0.869. The van der Waals surface area contributed by atoms with Crippen molar-refractivity contribution in [2.24, 2.45) is 0 Å². The molecule has 0 unspecified atom stereocenters. The molecule has 1 heterocycles. The molecule has 0 aliphatic rings. The predicted octanol–water partition coefficient (Wildman–Crippen LogP) is 3.42. The zero-order chi connectivity index (χ0) is 21.7. The molecule has 0 radical (unpaired) electrons. The second kappa shape index (κ2) is 9.65. The Labute approximate surface area is 173 Å². The summed E-state index contributed by atoms with van der Waals surface area (Å²) in [4.78, 5) is 15.6. The van der Waals surface area contributed by atoms with Crippen molar-refractivity contribution in [3.05, 3.63) is 71.8 Å². The number of carbonyl (C=O) groups is 1. The van der Waals surface area contributed by atoms with E-state index in [0.29, 0.717) is 6.42 Å². The van der Waals surface area contributed by atoms with Crippen molar-refractivity contribution in [2.75, 3.05) is 6.61 Å². The number of aromatic amines is 1. The number of hydrogen-bond donors (Lipinski definition) is 4. The maximum atomic E-state index is 13.3. The fourth-order valence-corrected chi connectivity index (χ4v) is 3.20. The Bertz CT molecular complexity index is 983. The van der Waals surface area contributed by atoms with E-state index in [1.807, 2.05) is 6.07 Å². The van der Waals surface area contributed by atoms with Crippen molar-refractivity contribution >= 4 is 5.91 Å². The number of aliphatic hydroxyl groups excluding tert-OH is 2.